The molecule has 0 saturated carbocycles. The number of hydrogen-bond donors (Lipinski definition) is 2. The fourth-order valence-corrected chi connectivity index (χ4v) is 1.65. The number of nitrogens with two attached hydrogens (primary N) is 1. The van der Waals surface area contributed by atoms with Crippen LogP contribution in [0.25, 0.3) is 0 Å². The van der Waals surface area contributed by atoms with Crippen molar-refractivity contribution >= 4 is 0 Å². The highest BCUT2D eigenvalue weighted by Gasteiger charge is 2.21. The Morgan fingerprint density at radius 1 is 1.29 bits per heavy atom. The molecule has 0 aliphatic heterocycles. The van der Waals surface area contributed by atoms with Gasteiger partial charge in [-0.1, -0.05) is 0 Å². The first-order chi connectivity index (χ1) is 7.96. The lowest BCUT2D eigenvalue weighted by molar-refractivity contribution is 0.133. The predicted molar refractivity (Wildman–Crippen MR) is 67.4 cm³/mol. The number of hydrogen-bond acceptors (Lipinski definition) is 4. The summed E-state index contributed by atoms with van der Waals surface area (Å²) in [6, 6.07) is 7.38. The van der Waals surface area contributed by atoms with Crippen LogP contribution in [0.4, 0.5) is 0 Å². The Morgan fingerprint density at radius 2 is 1.82 bits per heavy atom. The fraction of sp³-hybridized carbons (Fsp3) is 0.538. The number of aliphatic hydroxyl groups is 1. The van der Waals surface area contributed by atoms with Crippen LogP contribution >= 0.6 is 0 Å². The number of benzene rings is 1. The Labute approximate surface area is 102 Å². The summed E-state index contributed by atoms with van der Waals surface area (Å²) in [7, 11) is 1.62. The van der Waals surface area contributed by atoms with Crippen LogP contribution in [0.5, 0.6) is 11.5 Å². The summed E-state index contributed by atoms with van der Waals surface area (Å²) in [5, 5.41) is 9.08. The number of rotatable bonds is 6. The molecule has 0 amide bonds. The van der Waals surface area contributed by atoms with Crippen molar-refractivity contribution in [3.8, 4) is 11.5 Å². The molecule has 2 atom stereocenters. The van der Waals surface area contributed by atoms with E-state index in [4.69, 9.17) is 20.3 Å². The Bertz CT molecular complexity index is 335. The maximum atomic E-state index is 9.08. The van der Waals surface area contributed by atoms with Gasteiger partial charge in [-0.15, -0.1) is 0 Å². The zero-order valence-electron chi connectivity index (χ0n) is 10.6. The molecule has 0 aromatic heterocycles. The van der Waals surface area contributed by atoms with Gasteiger partial charge in [-0.3, -0.25) is 0 Å². The highest BCUT2D eigenvalue weighted by atomic mass is 16.5. The predicted octanol–water partition coefficient (Wildman–Crippen LogP) is 1.56. The van der Waals surface area contributed by atoms with E-state index in [-0.39, 0.29) is 12.7 Å². The van der Waals surface area contributed by atoms with E-state index in [2.05, 4.69) is 0 Å². The molecular formula is C13H21NO3. The van der Waals surface area contributed by atoms with Gasteiger partial charge in [0.1, 0.15) is 11.5 Å². The van der Waals surface area contributed by atoms with Gasteiger partial charge in [-0.05, 0) is 38.1 Å². The van der Waals surface area contributed by atoms with Crippen LogP contribution in [0.15, 0.2) is 24.3 Å². The summed E-state index contributed by atoms with van der Waals surface area (Å²) < 4.78 is 10.8. The van der Waals surface area contributed by atoms with Crippen molar-refractivity contribution in [3.05, 3.63) is 24.3 Å². The normalized spacial score (nSPS) is 16.1. The minimum absolute atomic E-state index is 0.0504. The number of aliphatic hydroxyl groups excluding tert-OH is 1. The second-order valence-corrected chi connectivity index (χ2v) is 4.62. The number of ether oxygens (including phenoxy) is 2. The quantitative estimate of drug-likeness (QED) is 0.790. The van der Waals surface area contributed by atoms with Gasteiger partial charge in [0.2, 0.25) is 0 Å². The lowest BCUT2D eigenvalue weighted by atomic mass is 9.97. The van der Waals surface area contributed by atoms with Crippen molar-refractivity contribution in [1.29, 1.82) is 0 Å². The lowest BCUT2D eigenvalue weighted by Gasteiger charge is -2.26. The van der Waals surface area contributed by atoms with Crippen LogP contribution < -0.4 is 15.2 Å². The van der Waals surface area contributed by atoms with Crippen LogP contribution in [0.3, 0.4) is 0 Å². The zero-order valence-corrected chi connectivity index (χ0v) is 10.6. The molecule has 3 N–H and O–H groups in total. The third-order valence-corrected chi connectivity index (χ3v) is 2.51. The minimum atomic E-state index is -0.605. The molecule has 4 nitrogen and oxygen atoms in total. The van der Waals surface area contributed by atoms with Gasteiger partial charge >= 0.3 is 0 Å². The van der Waals surface area contributed by atoms with Crippen LogP contribution in [0, 0.1) is 0 Å². The van der Waals surface area contributed by atoms with Gasteiger partial charge in [0.15, 0.2) is 0 Å². The third-order valence-electron chi connectivity index (χ3n) is 2.51. The van der Waals surface area contributed by atoms with E-state index in [1.54, 1.807) is 14.0 Å². The van der Waals surface area contributed by atoms with Gasteiger partial charge in [0.25, 0.3) is 0 Å². The highest BCUT2D eigenvalue weighted by Crippen LogP contribution is 2.20. The topological polar surface area (TPSA) is 64.7 Å². The fourth-order valence-electron chi connectivity index (χ4n) is 1.65. The van der Waals surface area contributed by atoms with Crippen LogP contribution in [0.2, 0.25) is 0 Å². The van der Waals surface area contributed by atoms with Crippen molar-refractivity contribution in [2.24, 2.45) is 5.73 Å². The SMILES string of the molecule is COc1ccc(OC(C)CC(C)(N)CO)cc1. The molecular weight excluding hydrogens is 218 g/mol. The third kappa shape index (κ3) is 4.63. The van der Waals surface area contributed by atoms with Gasteiger partial charge in [0.05, 0.1) is 19.8 Å². The highest BCUT2D eigenvalue weighted by molar-refractivity contribution is 5.31. The summed E-state index contributed by atoms with van der Waals surface area (Å²) in [4.78, 5) is 0. The molecule has 0 bridgehead atoms. The Hall–Kier alpha value is -1.26. The van der Waals surface area contributed by atoms with Crippen molar-refractivity contribution in [1.82, 2.24) is 0 Å². The van der Waals surface area contributed by atoms with Gasteiger partial charge < -0.3 is 20.3 Å². The molecule has 0 heterocycles. The first kappa shape index (κ1) is 13.8. The van der Waals surface area contributed by atoms with E-state index < -0.39 is 5.54 Å². The zero-order chi connectivity index (χ0) is 12.9. The Morgan fingerprint density at radius 3 is 2.29 bits per heavy atom. The molecule has 4 heteroatoms. The first-order valence-electron chi connectivity index (χ1n) is 5.67. The second kappa shape index (κ2) is 5.89. The van der Waals surface area contributed by atoms with E-state index in [0.717, 1.165) is 11.5 Å². The molecule has 1 rings (SSSR count). The molecule has 0 aliphatic rings. The van der Waals surface area contributed by atoms with Crippen LogP contribution in [-0.2, 0) is 0 Å². The molecule has 0 fully saturated rings. The molecule has 2 unspecified atom stereocenters. The monoisotopic (exact) mass is 239 g/mol. The smallest absolute Gasteiger partial charge is 0.119 e. The molecule has 0 spiro atoms. The molecule has 0 aliphatic carbocycles. The van der Waals surface area contributed by atoms with Crippen molar-refractivity contribution in [2.45, 2.75) is 31.9 Å². The summed E-state index contributed by atoms with van der Waals surface area (Å²) in [6.07, 6.45) is 0.542. The Kier molecular flexibility index (Phi) is 4.78. The van der Waals surface area contributed by atoms with E-state index in [9.17, 15) is 0 Å². The molecule has 0 saturated heterocycles. The average molecular weight is 239 g/mol. The van der Waals surface area contributed by atoms with E-state index in [1.165, 1.54) is 0 Å². The summed E-state index contributed by atoms with van der Waals surface area (Å²) in [6.45, 7) is 3.69. The number of methoxy groups -OCH3 is 1. The molecule has 96 valence electrons. The average Bonchev–Trinajstić information content (AvgIpc) is 2.29. The molecule has 17 heavy (non-hydrogen) atoms. The Balaban J connectivity index is 2.52. The summed E-state index contributed by atoms with van der Waals surface area (Å²) >= 11 is 0. The van der Waals surface area contributed by atoms with E-state index in [0.29, 0.717) is 6.42 Å². The molecule has 1 aromatic rings. The van der Waals surface area contributed by atoms with Crippen molar-refractivity contribution in [3.63, 3.8) is 0 Å². The summed E-state index contributed by atoms with van der Waals surface area (Å²) in [5.41, 5.74) is 5.26. The van der Waals surface area contributed by atoms with Crippen molar-refractivity contribution < 1.29 is 14.6 Å². The van der Waals surface area contributed by atoms with Gasteiger partial charge in [0, 0.05) is 12.0 Å². The van der Waals surface area contributed by atoms with Crippen LogP contribution in [0.1, 0.15) is 20.3 Å². The lowest BCUT2D eigenvalue weighted by Crippen LogP contribution is -2.43. The van der Waals surface area contributed by atoms with E-state index >= 15 is 0 Å². The largest absolute Gasteiger partial charge is 0.497 e. The minimum Gasteiger partial charge on any atom is -0.497 e. The standard InChI is InChI=1S/C13H21NO3/c1-10(8-13(2,14)9-15)17-12-6-4-11(16-3)5-7-12/h4-7,10,15H,8-9,14H2,1-3H3. The van der Waals surface area contributed by atoms with Crippen LogP contribution in [-0.4, -0.2) is 30.5 Å². The molecule has 0 radical (unpaired) electrons. The maximum absolute atomic E-state index is 9.08. The maximum Gasteiger partial charge on any atom is 0.119 e. The van der Waals surface area contributed by atoms with Gasteiger partial charge in [-0.2, -0.15) is 0 Å². The second-order valence-electron chi connectivity index (χ2n) is 4.62. The first-order valence-corrected chi connectivity index (χ1v) is 5.67. The summed E-state index contributed by atoms with van der Waals surface area (Å²) in [5.74, 6) is 1.57. The van der Waals surface area contributed by atoms with Crippen molar-refractivity contribution in [2.75, 3.05) is 13.7 Å². The van der Waals surface area contributed by atoms with E-state index in [1.807, 2.05) is 31.2 Å². The molecule has 1 aromatic carbocycles. The van der Waals surface area contributed by atoms with Gasteiger partial charge in [-0.25, -0.2) is 0 Å².